The monoisotopic (exact) mass is 629 g/mol. The number of carbonyl (C=O) groups is 1. The molecule has 9 heteroatoms. The summed E-state index contributed by atoms with van der Waals surface area (Å²) < 4.78 is 11.1. The molecule has 44 heavy (non-hydrogen) atoms. The second kappa shape index (κ2) is 27.1. The van der Waals surface area contributed by atoms with Crippen LogP contribution in [-0.4, -0.2) is 87.5 Å². The summed E-state index contributed by atoms with van der Waals surface area (Å²) in [4.78, 5) is 12.8. The van der Waals surface area contributed by atoms with Crippen LogP contribution in [0, 0.1) is 0 Å². The van der Waals surface area contributed by atoms with E-state index in [-0.39, 0.29) is 12.5 Å². The number of allylic oxidation sites excluding steroid dienone is 1. The molecule has 0 radical (unpaired) electrons. The molecule has 7 unspecified atom stereocenters. The lowest BCUT2D eigenvalue weighted by Gasteiger charge is -2.40. The van der Waals surface area contributed by atoms with Crippen LogP contribution in [0.15, 0.2) is 12.2 Å². The molecule has 1 rings (SSSR count). The SMILES string of the molecule is CCCCCC/C=C/C(O)C(COC1OC(CO)C(O)C(O)C1O)NC(=O)CCCCCCCCCCCCCCCCC. The highest BCUT2D eigenvalue weighted by molar-refractivity contribution is 5.76. The molecule has 1 aliphatic rings. The predicted molar refractivity (Wildman–Crippen MR) is 175 cm³/mol. The zero-order valence-corrected chi connectivity index (χ0v) is 27.9. The number of carbonyl (C=O) groups excluding carboxylic acids is 1. The van der Waals surface area contributed by atoms with Crippen LogP contribution in [0.1, 0.15) is 149 Å². The Bertz CT molecular complexity index is 706. The molecule has 7 atom stereocenters. The van der Waals surface area contributed by atoms with E-state index in [0.717, 1.165) is 44.9 Å². The van der Waals surface area contributed by atoms with E-state index in [0.29, 0.717) is 6.42 Å². The van der Waals surface area contributed by atoms with Gasteiger partial charge in [0.15, 0.2) is 6.29 Å². The van der Waals surface area contributed by atoms with Crippen molar-refractivity contribution in [2.45, 2.75) is 192 Å². The van der Waals surface area contributed by atoms with Crippen molar-refractivity contribution in [1.29, 1.82) is 0 Å². The number of rotatable bonds is 28. The molecule has 6 N–H and O–H groups in total. The van der Waals surface area contributed by atoms with Gasteiger partial charge in [-0.15, -0.1) is 0 Å². The van der Waals surface area contributed by atoms with Gasteiger partial charge in [0.1, 0.15) is 24.4 Å². The topological polar surface area (TPSA) is 149 Å². The fourth-order valence-corrected chi connectivity index (χ4v) is 5.62. The molecule has 1 amide bonds. The lowest BCUT2D eigenvalue weighted by Crippen LogP contribution is -2.60. The first-order chi connectivity index (χ1) is 21.3. The lowest BCUT2D eigenvalue weighted by atomic mass is 9.99. The van der Waals surface area contributed by atoms with E-state index in [1.54, 1.807) is 6.08 Å². The molecular formula is C35H67NO8. The summed E-state index contributed by atoms with van der Waals surface area (Å²) in [6.45, 7) is 3.66. The van der Waals surface area contributed by atoms with Gasteiger partial charge in [-0.05, 0) is 19.3 Å². The number of hydrogen-bond acceptors (Lipinski definition) is 8. The molecule has 0 bridgehead atoms. The summed E-state index contributed by atoms with van der Waals surface area (Å²) in [6, 6.07) is -0.793. The van der Waals surface area contributed by atoms with E-state index < -0.39 is 49.5 Å². The summed E-state index contributed by atoms with van der Waals surface area (Å²) in [6.07, 6.45) is 20.0. The molecule has 1 aliphatic heterocycles. The molecule has 1 heterocycles. The Morgan fingerprint density at radius 1 is 0.750 bits per heavy atom. The fourth-order valence-electron chi connectivity index (χ4n) is 5.62. The maximum absolute atomic E-state index is 12.8. The van der Waals surface area contributed by atoms with E-state index in [2.05, 4.69) is 19.2 Å². The minimum atomic E-state index is -1.56. The molecule has 0 aromatic rings. The quantitative estimate of drug-likeness (QED) is 0.0495. The Morgan fingerprint density at radius 3 is 1.77 bits per heavy atom. The van der Waals surface area contributed by atoms with Crippen LogP contribution >= 0.6 is 0 Å². The van der Waals surface area contributed by atoms with Gasteiger partial charge in [0, 0.05) is 6.42 Å². The highest BCUT2D eigenvalue weighted by Gasteiger charge is 2.44. The second-order valence-electron chi connectivity index (χ2n) is 12.7. The summed E-state index contributed by atoms with van der Waals surface area (Å²) in [5, 5.41) is 53.5. The number of nitrogens with one attached hydrogen (secondary N) is 1. The normalized spacial score (nSPS) is 23.7. The minimum Gasteiger partial charge on any atom is -0.394 e. The van der Waals surface area contributed by atoms with E-state index in [4.69, 9.17) is 9.47 Å². The molecule has 0 aromatic carbocycles. The van der Waals surface area contributed by atoms with Crippen molar-refractivity contribution >= 4 is 5.91 Å². The standard InChI is InChI=1S/C35H67NO8/c1-3-5-7-9-11-12-13-14-15-16-17-18-19-21-23-25-31(39)36-28(29(38)24-22-20-10-8-6-4-2)27-43-35-34(42)33(41)32(40)30(26-37)44-35/h22,24,28-30,32-35,37-38,40-42H,3-21,23,25-27H2,1-2H3,(H,36,39)/b24-22+. The van der Waals surface area contributed by atoms with E-state index >= 15 is 0 Å². The van der Waals surface area contributed by atoms with Crippen molar-refractivity contribution in [3.05, 3.63) is 12.2 Å². The van der Waals surface area contributed by atoms with Crippen LogP contribution in [0.3, 0.4) is 0 Å². The fraction of sp³-hybridized carbons (Fsp3) is 0.914. The van der Waals surface area contributed by atoms with Gasteiger partial charge in [-0.1, -0.05) is 135 Å². The lowest BCUT2D eigenvalue weighted by molar-refractivity contribution is -0.302. The van der Waals surface area contributed by atoms with Gasteiger partial charge < -0.3 is 40.3 Å². The van der Waals surface area contributed by atoms with Crippen molar-refractivity contribution in [2.75, 3.05) is 13.2 Å². The van der Waals surface area contributed by atoms with Crippen LogP contribution in [0.4, 0.5) is 0 Å². The molecule has 0 aromatic heterocycles. The zero-order chi connectivity index (χ0) is 32.4. The molecule has 0 saturated carbocycles. The second-order valence-corrected chi connectivity index (χ2v) is 12.7. The third-order valence-electron chi connectivity index (χ3n) is 8.61. The minimum absolute atomic E-state index is 0.183. The number of amides is 1. The van der Waals surface area contributed by atoms with E-state index in [1.807, 2.05) is 6.08 Å². The number of unbranched alkanes of at least 4 members (excludes halogenated alkanes) is 18. The van der Waals surface area contributed by atoms with Gasteiger partial charge in [-0.25, -0.2) is 0 Å². The summed E-state index contributed by atoms with van der Waals surface area (Å²) in [7, 11) is 0. The molecular weight excluding hydrogens is 562 g/mol. The Kier molecular flexibility index (Phi) is 25.2. The van der Waals surface area contributed by atoms with Crippen molar-refractivity contribution in [2.24, 2.45) is 0 Å². The third-order valence-corrected chi connectivity index (χ3v) is 8.61. The molecule has 0 aliphatic carbocycles. The average molecular weight is 630 g/mol. The zero-order valence-electron chi connectivity index (χ0n) is 27.9. The largest absolute Gasteiger partial charge is 0.394 e. The van der Waals surface area contributed by atoms with Crippen LogP contribution in [0.2, 0.25) is 0 Å². The van der Waals surface area contributed by atoms with Crippen molar-refractivity contribution in [3.8, 4) is 0 Å². The van der Waals surface area contributed by atoms with Crippen LogP contribution in [-0.2, 0) is 14.3 Å². The molecule has 1 saturated heterocycles. The first kappa shape index (κ1) is 41.0. The van der Waals surface area contributed by atoms with Gasteiger partial charge in [0.25, 0.3) is 0 Å². The highest BCUT2D eigenvalue weighted by atomic mass is 16.7. The summed E-state index contributed by atoms with van der Waals surface area (Å²) >= 11 is 0. The van der Waals surface area contributed by atoms with Gasteiger partial charge in [0.2, 0.25) is 5.91 Å². The summed E-state index contributed by atoms with van der Waals surface area (Å²) in [5.41, 5.74) is 0. The van der Waals surface area contributed by atoms with E-state index in [1.165, 1.54) is 83.5 Å². The maximum Gasteiger partial charge on any atom is 0.220 e. The van der Waals surface area contributed by atoms with Crippen molar-refractivity contribution < 1.29 is 39.8 Å². The van der Waals surface area contributed by atoms with Crippen LogP contribution in [0.25, 0.3) is 0 Å². The predicted octanol–water partition coefficient (Wildman–Crippen LogP) is 5.44. The Balaban J connectivity index is 2.38. The average Bonchev–Trinajstić information content (AvgIpc) is 3.02. The van der Waals surface area contributed by atoms with Crippen molar-refractivity contribution in [1.82, 2.24) is 5.32 Å². The van der Waals surface area contributed by atoms with Gasteiger partial charge in [-0.3, -0.25) is 4.79 Å². The molecule has 1 fully saturated rings. The van der Waals surface area contributed by atoms with E-state index in [9.17, 15) is 30.3 Å². The van der Waals surface area contributed by atoms with Gasteiger partial charge in [-0.2, -0.15) is 0 Å². The maximum atomic E-state index is 12.8. The van der Waals surface area contributed by atoms with Gasteiger partial charge in [0.05, 0.1) is 25.4 Å². The highest BCUT2D eigenvalue weighted by Crippen LogP contribution is 2.22. The molecule has 260 valence electrons. The molecule has 9 nitrogen and oxygen atoms in total. The first-order valence-electron chi connectivity index (χ1n) is 17.9. The Hall–Kier alpha value is -1.07. The van der Waals surface area contributed by atoms with Crippen LogP contribution in [0.5, 0.6) is 0 Å². The van der Waals surface area contributed by atoms with Crippen molar-refractivity contribution in [3.63, 3.8) is 0 Å². The Labute approximate surface area is 267 Å². The third kappa shape index (κ3) is 18.8. The Morgan fingerprint density at radius 2 is 1.25 bits per heavy atom. The number of aliphatic hydroxyl groups is 5. The number of hydrogen-bond donors (Lipinski definition) is 6. The molecule has 0 spiro atoms. The summed E-state index contributed by atoms with van der Waals surface area (Å²) in [5.74, 6) is -0.183. The first-order valence-corrected chi connectivity index (χ1v) is 17.9. The smallest absolute Gasteiger partial charge is 0.220 e. The van der Waals surface area contributed by atoms with Gasteiger partial charge >= 0.3 is 0 Å². The van der Waals surface area contributed by atoms with Crippen LogP contribution < -0.4 is 5.32 Å². The number of ether oxygens (including phenoxy) is 2. The number of aliphatic hydroxyl groups excluding tert-OH is 5.